The van der Waals surface area contributed by atoms with Gasteiger partial charge in [-0.1, -0.05) is 22.6 Å². The van der Waals surface area contributed by atoms with Crippen LogP contribution in [0.3, 0.4) is 0 Å². The van der Waals surface area contributed by atoms with Gasteiger partial charge in [-0.3, -0.25) is 0 Å². The number of halogens is 4. The number of rotatable bonds is 1. The van der Waals surface area contributed by atoms with Gasteiger partial charge in [-0.15, -0.1) is 0 Å². The molecule has 1 saturated heterocycles. The average molecular weight is 295 g/mol. The molecule has 0 aromatic heterocycles. The molecule has 0 bridgehead atoms. The predicted molar refractivity (Wildman–Crippen MR) is 46.5 cm³/mol. The van der Waals surface area contributed by atoms with Gasteiger partial charge in [0.1, 0.15) is 0 Å². The van der Waals surface area contributed by atoms with Crippen molar-refractivity contribution in [2.45, 2.75) is 18.4 Å². The monoisotopic (exact) mass is 295 g/mol. The zero-order chi connectivity index (χ0) is 9.19. The van der Waals surface area contributed by atoms with Gasteiger partial charge in [0.05, 0.1) is 6.10 Å². The van der Waals surface area contributed by atoms with Crippen LogP contribution >= 0.6 is 22.6 Å². The van der Waals surface area contributed by atoms with E-state index in [9.17, 15) is 13.2 Å². The lowest BCUT2D eigenvalue weighted by atomic mass is 10.2. The molecule has 0 saturated carbocycles. The molecule has 1 heterocycles. The number of alkyl halides is 4. The molecule has 2 nitrogen and oxygen atoms in total. The van der Waals surface area contributed by atoms with E-state index in [-0.39, 0.29) is 12.6 Å². The SMILES string of the molecule is FC(F)(F)C1CNCC(CI)O1. The number of hydrogen-bond acceptors (Lipinski definition) is 2. The van der Waals surface area contributed by atoms with Crippen molar-refractivity contribution >= 4 is 22.6 Å². The highest BCUT2D eigenvalue weighted by atomic mass is 127. The number of hydrogen-bond donors (Lipinski definition) is 1. The van der Waals surface area contributed by atoms with Crippen LogP contribution in [0.4, 0.5) is 13.2 Å². The normalized spacial score (nSPS) is 32.0. The highest BCUT2D eigenvalue weighted by Gasteiger charge is 2.43. The summed E-state index contributed by atoms with van der Waals surface area (Å²) in [7, 11) is 0. The molecular weight excluding hydrogens is 286 g/mol. The Morgan fingerprint density at radius 2 is 2.08 bits per heavy atom. The predicted octanol–water partition coefficient (Wildman–Crippen LogP) is 1.34. The van der Waals surface area contributed by atoms with Crippen LogP contribution in [0.5, 0.6) is 0 Å². The molecule has 0 aromatic carbocycles. The highest BCUT2D eigenvalue weighted by molar-refractivity contribution is 14.1. The van der Waals surface area contributed by atoms with Crippen LogP contribution in [0, 0.1) is 0 Å². The average Bonchev–Trinajstić information content (AvgIpc) is 2.03. The summed E-state index contributed by atoms with van der Waals surface area (Å²) < 4.78 is 41.6. The molecule has 0 amide bonds. The fourth-order valence-electron chi connectivity index (χ4n) is 0.988. The van der Waals surface area contributed by atoms with Gasteiger partial charge in [-0.05, 0) is 0 Å². The first-order valence-corrected chi connectivity index (χ1v) is 5.05. The Hall–Kier alpha value is 0.440. The second-order valence-electron chi connectivity index (χ2n) is 2.60. The van der Waals surface area contributed by atoms with Crippen molar-refractivity contribution in [3.63, 3.8) is 0 Å². The third-order valence-corrected chi connectivity index (χ3v) is 2.58. The van der Waals surface area contributed by atoms with Gasteiger partial charge in [0.2, 0.25) is 0 Å². The molecule has 0 radical (unpaired) electrons. The Morgan fingerprint density at radius 1 is 1.42 bits per heavy atom. The van der Waals surface area contributed by atoms with Crippen molar-refractivity contribution in [1.29, 1.82) is 0 Å². The minimum Gasteiger partial charge on any atom is -0.362 e. The summed E-state index contributed by atoms with van der Waals surface area (Å²) in [5.74, 6) is 0. The van der Waals surface area contributed by atoms with Gasteiger partial charge in [-0.25, -0.2) is 0 Å². The molecule has 0 aliphatic carbocycles. The lowest BCUT2D eigenvalue weighted by Crippen LogP contribution is -2.51. The lowest BCUT2D eigenvalue weighted by molar-refractivity contribution is -0.236. The van der Waals surface area contributed by atoms with E-state index in [0.29, 0.717) is 11.0 Å². The fourth-order valence-corrected chi connectivity index (χ4v) is 1.51. The maximum absolute atomic E-state index is 12.1. The van der Waals surface area contributed by atoms with Crippen molar-refractivity contribution in [3.8, 4) is 0 Å². The first-order valence-electron chi connectivity index (χ1n) is 3.53. The third-order valence-electron chi connectivity index (χ3n) is 1.60. The van der Waals surface area contributed by atoms with Gasteiger partial charge in [0.15, 0.2) is 6.10 Å². The topological polar surface area (TPSA) is 21.3 Å². The molecule has 2 unspecified atom stereocenters. The molecule has 72 valence electrons. The van der Waals surface area contributed by atoms with Crippen LogP contribution in [0.2, 0.25) is 0 Å². The zero-order valence-corrected chi connectivity index (χ0v) is 8.35. The standard InChI is InChI=1S/C6H9F3INO/c7-6(8,9)5-3-11-2-4(1-10)12-5/h4-5,11H,1-3H2. The Bertz CT molecular complexity index is 152. The molecule has 0 spiro atoms. The Kier molecular flexibility index (Phi) is 3.59. The highest BCUT2D eigenvalue weighted by Crippen LogP contribution is 2.25. The van der Waals surface area contributed by atoms with Gasteiger partial charge < -0.3 is 10.1 Å². The molecular formula is C6H9F3INO. The van der Waals surface area contributed by atoms with E-state index in [1.807, 2.05) is 22.6 Å². The van der Waals surface area contributed by atoms with Crippen LogP contribution < -0.4 is 5.32 Å². The van der Waals surface area contributed by atoms with E-state index in [4.69, 9.17) is 4.74 Å². The van der Waals surface area contributed by atoms with Crippen molar-refractivity contribution in [3.05, 3.63) is 0 Å². The van der Waals surface area contributed by atoms with Crippen LogP contribution in [0.15, 0.2) is 0 Å². The number of nitrogens with one attached hydrogen (secondary N) is 1. The Balaban J connectivity index is 2.46. The Labute approximate surface area is 82.0 Å². The molecule has 1 rings (SSSR count). The Morgan fingerprint density at radius 3 is 2.58 bits per heavy atom. The molecule has 12 heavy (non-hydrogen) atoms. The fraction of sp³-hybridized carbons (Fsp3) is 1.00. The summed E-state index contributed by atoms with van der Waals surface area (Å²) in [5, 5.41) is 2.69. The number of ether oxygens (including phenoxy) is 1. The summed E-state index contributed by atoms with van der Waals surface area (Å²) >= 11 is 2.01. The largest absolute Gasteiger partial charge is 0.415 e. The van der Waals surface area contributed by atoms with Gasteiger partial charge in [0, 0.05) is 17.5 Å². The van der Waals surface area contributed by atoms with Gasteiger partial charge in [0.25, 0.3) is 0 Å². The van der Waals surface area contributed by atoms with Crippen molar-refractivity contribution in [2.24, 2.45) is 0 Å². The summed E-state index contributed by atoms with van der Waals surface area (Å²) in [6.07, 6.45) is -6.19. The quantitative estimate of drug-likeness (QED) is 0.582. The second-order valence-corrected chi connectivity index (χ2v) is 3.48. The minimum absolute atomic E-state index is 0.128. The van der Waals surface area contributed by atoms with Crippen LogP contribution in [-0.2, 0) is 4.74 Å². The van der Waals surface area contributed by atoms with Crippen molar-refractivity contribution in [2.75, 3.05) is 17.5 Å². The maximum Gasteiger partial charge on any atom is 0.415 e. The molecule has 6 heteroatoms. The van der Waals surface area contributed by atoms with Crippen LogP contribution in [0.25, 0.3) is 0 Å². The summed E-state index contributed by atoms with van der Waals surface area (Å²) in [5.41, 5.74) is 0. The van der Waals surface area contributed by atoms with Crippen molar-refractivity contribution in [1.82, 2.24) is 5.32 Å². The molecule has 2 atom stereocenters. The van der Waals surface area contributed by atoms with E-state index in [1.165, 1.54) is 0 Å². The summed E-state index contributed by atoms with van der Waals surface area (Å²) in [6.45, 7) is 0.381. The van der Waals surface area contributed by atoms with Gasteiger partial charge >= 0.3 is 6.18 Å². The first-order chi connectivity index (χ1) is 5.54. The molecule has 1 aliphatic rings. The molecule has 1 fully saturated rings. The van der Waals surface area contributed by atoms with E-state index in [0.717, 1.165) is 0 Å². The smallest absolute Gasteiger partial charge is 0.362 e. The number of morpholine rings is 1. The zero-order valence-electron chi connectivity index (χ0n) is 6.20. The minimum atomic E-state index is -4.24. The second kappa shape index (κ2) is 4.10. The van der Waals surface area contributed by atoms with Crippen LogP contribution in [0.1, 0.15) is 0 Å². The van der Waals surface area contributed by atoms with E-state index < -0.39 is 12.3 Å². The third kappa shape index (κ3) is 2.74. The molecule has 0 aromatic rings. The maximum atomic E-state index is 12.1. The van der Waals surface area contributed by atoms with E-state index >= 15 is 0 Å². The van der Waals surface area contributed by atoms with Crippen molar-refractivity contribution < 1.29 is 17.9 Å². The van der Waals surface area contributed by atoms with E-state index in [1.54, 1.807) is 0 Å². The first kappa shape index (κ1) is 10.5. The lowest BCUT2D eigenvalue weighted by Gasteiger charge is -2.30. The van der Waals surface area contributed by atoms with Crippen LogP contribution in [-0.4, -0.2) is 35.9 Å². The summed E-state index contributed by atoms with van der Waals surface area (Å²) in [6, 6.07) is 0. The van der Waals surface area contributed by atoms with E-state index in [2.05, 4.69) is 5.32 Å². The summed E-state index contributed by atoms with van der Waals surface area (Å²) in [4.78, 5) is 0. The molecule has 1 aliphatic heterocycles. The van der Waals surface area contributed by atoms with Gasteiger partial charge in [-0.2, -0.15) is 13.2 Å². The molecule has 1 N–H and O–H groups in total.